The van der Waals surface area contributed by atoms with Crippen LogP contribution in [0.5, 0.6) is 0 Å². The predicted octanol–water partition coefficient (Wildman–Crippen LogP) is 4.58. The van der Waals surface area contributed by atoms with Gasteiger partial charge < -0.3 is 10.6 Å². The average Bonchev–Trinajstić information content (AvgIpc) is 2.45. The van der Waals surface area contributed by atoms with E-state index in [9.17, 15) is 4.39 Å². The first-order valence-corrected chi connectivity index (χ1v) is 8.45. The molecular weight excluding hydrogens is 355 g/mol. The molecule has 112 valence electrons. The van der Waals surface area contributed by atoms with Crippen molar-refractivity contribution in [3.63, 3.8) is 0 Å². The Morgan fingerprint density at radius 2 is 1.95 bits per heavy atom. The van der Waals surface area contributed by atoms with Crippen molar-refractivity contribution in [1.29, 1.82) is 0 Å². The van der Waals surface area contributed by atoms with Gasteiger partial charge in [-0.25, -0.2) is 14.4 Å². The Balaban J connectivity index is 2.34. The Hall–Kier alpha value is -1.34. The second-order valence-electron chi connectivity index (χ2n) is 4.36. The van der Waals surface area contributed by atoms with E-state index >= 15 is 0 Å². The zero-order valence-corrected chi connectivity index (χ0v) is 14.4. The van der Waals surface area contributed by atoms with Crippen LogP contribution in [0.25, 0.3) is 0 Å². The van der Waals surface area contributed by atoms with Gasteiger partial charge in [0.1, 0.15) is 17.5 Å². The zero-order chi connectivity index (χ0) is 15.4. The van der Waals surface area contributed by atoms with Gasteiger partial charge in [0.05, 0.1) is 4.47 Å². The molecule has 0 aliphatic heterocycles. The van der Waals surface area contributed by atoms with E-state index in [0.717, 1.165) is 23.6 Å². The van der Waals surface area contributed by atoms with Gasteiger partial charge in [-0.3, -0.25) is 0 Å². The summed E-state index contributed by atoms with van der Waals surface area (Å²) in [6.07, 6.45) is 1.93. The third-order valence-electron chi connectivity index (χ3n) is 2.78. The molecule has 1 heterocycles. The van der Waals surface area contributed by atoms with Gasteiger partial charge in [-0.1, -0.05) is 11.8 Å². The van der Waals surface area contributed by atoms with Gasteiger partial charge in [0.2, 0.25) is 0 Å². The summed E-state index contributed by atoms with van der Waals surface area (Å²) in [5.74, 6) is 1.16. The van der Waals surface area contributed by atoms with E-state index in [2.05, 4.69) is 36.5 Å². The quantitative estimate of drug-likeness (QED) is 0.595. The van der Waals surface area contributed by atoms with Crippen LogP contribution in [0.1, 0.15) is 12.5 Å². The first kappa shape index (κ1) is 16.0. The summed E-state index contributed by atoms with van der Waals surface area (Å²) in [7, 11) is 0. The summed E-state index contributed by atoms with van der Waals surface area (Å²) >= 11 is 4.67. The normalized spacial score (nSPS) is 10.5. The molecule has 1 aromatic carbocycles. The molecule has 0 fully saturated rings. The molecule has 4 nitrogen and oxygen atoms in total. The lowest BCUT2D eigenvalue weighted by Gasteiger charge is -2.12. The van der Waals surface area contributed by atoms with Crippen molar-refractivity contribution in [1.82, 2.24) is 9.97 Å². The second kappa shape index (κ2) is 7.09. The van der Waals surface area contributed by atoms with E-state index in [1.807, 2.05) is 26.2 Å². The summed E-state index contributed by atoms with van der Waals surface area (Å²) < 4.78 is 13.9. The fraction of sp³-hybridized carbons (Fsp3) is 0.286. The van der Waals surface area contributed by atoms with Crippen LogP contribution in [-0.4, -0.2) is 22.8 Å². The van der Waals surface area contributed by atoms with Crippen LogP contribution in [0.3, 0.4) is 0 Å². The highest BCUT2D eigenvalue weighted by molar-refractivity contribution is 9.10. The summed E-state index contributed by atoms with van der Waals surface area (Å²) in [6.45, 7) is 4.64. The highest BCUT2D eigenvalue weighted by atomic mass is 79.9. The fourth-order valence-corrected chi connectivity index (χ4v) is 2.49. The third kappa shape index (κ3) is 4.07. The number of benzene rings is 1. The van der Waals surface area contributed by atoms with Crippen molar-refractivity contribution in [2.24, 2.45) is 0 Å². The molecule has 0 aliphatic carbocycles. The third-order valence-corrected chi connectivity index (χ3v) is 3.93. The lowest BCUT2D eigenvalue weighted by molar-refractivity contribution is 0.620. The topological polar surface area (TPSA) is 49.8 Å². The predicted molar refractivity (Wildman–Crippen MR) is 90.1 cm³/mol. The standard InChI is InChI=1S/C14H16BrFN4S/c1-4-17-12-7-13(20-14(19-12)21-3)18-11-6-9(15)10(16)5-8(11)2/h5-7H,4H2,1-3H3,(H2,17,18,19,20). The molecular formula is C14H16BrFN4S. The fourth-order valence-electron chi connectivity index (χ4n) is 1.77. The van der Waals surface area contributed by atoms with Crippen molar-refractivity contribution in [3.8, 4) is 0 Å². The molecule has 0 radical (unpaired) electrons. The van der Waals surface area contributed by atoms with Crippen molar-refractivity contribution < 1.29 is 4.39 Å². The SMILES string of the molecule is CCNc1cc(Nc2cc(Br)c(F)cc2C)nc(SC)n1. The number of nitrogens with zero attached hydrogens (tertiary/aromatic N) is 2. The number of aryl methyl sites for hydroxylation is 1. The minimum Gasteiger partial charge on any atom is -0.370 e. The molecule has 1 aromatic heterocycles. The summed E-state index contributed by atoms with van der Waals surface area (Å²) in [4.78, 5) is 8.78. The van der Waals surface area contributed by atoms with Crippen LogP contribution in [0, 0.1) is 12.7 Å². The summed E-state index contributed by atoms with van der Waals surface area (Å²) in [6, 6.07) is 5.02. The molecule has 0 aliphatic rings. The van der Waals surface area contributed by atoms with E-state index in [1.165, 1.54) is 17.8 Å². The van der Waals surface area contributed by atoms with Crippen molar-refractivity contribution >= 4 is 45.0 Å². The van der Waals surface area contributed by atoms with Crippen LogP contribution in [0.2, 0.25) is 0 Å². The van der Waals surface area contributed by atoms with Crippen LogP contribution < -0.4 is 10.6 Å². The number of halogens is 2. The van der Waals surface area contributed by atoms with Crippen LogP contribution in [0.15, 0.2) is 27.8 Å². The van der Waals surface area contributed by atoms with E-state index in [0.29, 0.717) is 15.4 Å². The number of thioether (sulfide) groups is 1. The molecule has 2 N–H and O–H groups in total. The highest BCUT2D eigenvalue weighted by Gasteiger charge is 2.08. The Kier molecular flexibility index (Phi) is 5.41. The first-order valence-electron chi connectivity index (χ1n) is 6.43. The molecule has 21 heavy (non-hydrogen) atoms. The summed E-state index contributed by atoms with van der Waals surface area (Å²) in [5.41, 5.74) is 1.61. The molecule has 7 heteroatoms. The number of rotatable bonds is 5. The molecule has 0 atom stereocenters. The van der Waals surface area contributed by atoms with Gasteiger partial charge in [-0.2, -0.15) is 0 Å². The smallest absolute Gasteiger partial charge is 0.191 e. The van der Waals surface area contributed by atoms with Gasteiger partial charge >= 0.3 is 0 Å². The number of anilines is 3. The second-order valence-corrected chi connectivity index (χ2v) is 5.99. The minimum atomic E-state index is -0.279. The Labute approximate surface area is 136 Å². The lowest BCUT2D eigenvalue weighted by atomic mass is 10.2. The maximum absolute atomic E-state index is 13.5. The highest BCUT2D eigenvalue weighted by Crippen LogP contribution is 2.27. The molecule has 0 saturated carbocycles. The number of aromatic nitrogens is 2. The molecule has 0 unspecified atom stereocenters. The molecule has 0 amide bonds. The van der Waals surface area contributed by atoms with Gasteiger partial charge in [-0.05, 0) is 53.7 Å². The lowest BCUT2D eigenvalue weighted by Crippen LogP contribution is -2.04. The van der Waals surface area contributed by atoms with E-state index < -0.39 is 0 Å². The molecule has 2 rings (SSSR count). The molecule has 0 saturated heterocycles. The summed E-state index contributed by atoms with van der Waals surface area (Å²) in [5, 5.41) is 7.06. The van der Waals surface area contributed by atoms with Gasteiger partial charge in [-0.15, -0.1) is 0 Å². The monoisotopic (exact) mass is 370 g/mol. The van der Waals surface area contributed by atoms with E-state index in [-0.39, 0.29) is 5.82 Å². The average molecular weight is 371 g/mol. The Morgan fingerprint density at radius 1 is 1.24 bits per heavy atom. The Bertz CT molecular complexity index is 651. The van der Waals surface area contributed by atoms with Crippen LogP contribution >= 0.6 is 27.7 Å². The van der Waals surface area contributed by atoms with Crippen molar-refractivity contribution in [2.45, 2.75) is 19.0 Å². The molecule has 2 aromatic rings. The maximum Gasteiger partial charge on any atom is 0.191 e. The number of hydrogen-bond acceptors (Lipinski definition) is 5. The van der Waals surface area contributed by atoms with E-state index in [1.54, 1.807) is 6.07 Å². The van der Waals surface area contributed by atoms with Gasteiger partial charge in [0, 0.05) is 18.3 Å². The van der Waals surface area contributed by atoms with Crippen LogP contribution in [0.4, 0.5) is 21.7 Å². The van der Waals surface area contributed by atoms with Gasteiger partial charge in [0.25, 0.3) is 0 Å². The zero-order valence-electron chi connectivity index (χ0n) is 12.0. The first-order chi connectivity index (χ1) is 10.0. The minimum absolute atomic E-state index is 0.279. The van der Waals surface area contributed by atoms with Crippen molar-refractivity contribution in [3.05, 3.63) is 34.1 Å². The molecule has 0 bridgehead atoms. The maximum atomic E-state index is 13.5. The molecule has 0 spiro atoms. The largest absolute Gasteiger partial charge is 0.370 e. The van der Waals surface area contributed by atoms with E-state index in [4.69, 9.17) is 0 Å². The number of hydrogen-bond donors (Lipinski definition) is 2. The number of nitrogens with one attached hydrogen (secondary N) is 2. The van der Waals surface area contributed by atoms with Gasteiger partial charge in [0.15, 0.2) is 5.16 Å². The van der Waals surface area contributed by atoms with Crippen molar-refractivity contribution in [2.75, 3.05) is 23.4 Å². The Morgan fingerprint density at radius 3 is 2.62 bits per heavy atom. The van der Waals surface area contributed by atoms with Crippen LogP contribution in [-0.2, 0) is 0 Å².